The van der Waals surface area contributed by atoms with Gasteiger partial charge >= 0.3 is 0 Å². The number of rotatable bonds is 7. The SMILES string of the molecule is CCOc1ccc(NC(=O)CCC2CCNCC2)cc1OC. The predicted molar refractivity (Wildman–Crippen MR) is 87.6 cm³/mol. The first-order valence-electron chi connectivity index (χ1n) is 8.04. The van der Waals surface area contributed by atoms with Crippen LogP contribution in [0.3, 0.4) is 0 Å². The lowest BCUT2D eigenvalue weighted by molar-refractivity contribution is -0.116. The third-order valence-corrected chi connectivity index (χ3v) is 3.99. The van der Waals surface area contributed by atoms with Gasteiger partial charge < -0.3 is 20.1 Å². The van der Waals surface area contributed by atoms with Crippen molar-refractivity contribution >= 4 is 11.6 Å². The summed E-state index contributed by atoms with van der Waals surface area (Å²) in [5.41, 5.74) is 0.746. The van der Waals surface area contributed by atoms with Gasteiger partial charge in [0.25, 0.3) is 0 Å². The van der Waals surface area contributed by atoms with Crippen molar-refractivity contribution in [2.75, 3.05) is 32.1 Å². The van der Waals surface area contributed by atoms with Crippen LogP contribution < -0.4 is 20.1 Å². The van der Waals surface area contributed by atoms with Gasteiger partial charge in [-0.1, -0.05) is 0 Å². The fourth-order valence-electron chi connectivity index (χ4n) is 2.75. The first kappa shape index (κ1) is 16.6. The molecule has 5 heteroatoms. The fourth-order valence-corrected chi connectivity index (χ4v) is 2.75. The van der Waals surface area contributed by atoms with E-state index in [1.165, 1.54) is 12.8 Å². The summed E-state index contributed by atoms with van der Waals surface area (Å²) in [6, 6.07) is 5.47. The maximum atomic E-state index is 12.1. The van der Waals surface area contributed by atoms with E-state index in [1.807, 2.05) is 19.1 Å². The standard InChI is InChI=1S/C17H26N2O3/c1-3-22-15-6-5-14(12-16(15)21-2)19-17(20)7-4-13-8-10-18-11-9-13/h5-6,12-13,18H,3-4,7-11H2,1-2H3,(H,19,20). The van der Waals surface area contributed by atoms with Crippen molar-refractivity contribution in [1.29, 1.82) is 0 Å². The molecule has 1 saturated heterocycles. The van der Waals surface area contributed by atoms with Crippen LogP contribution in [0.2, 0.25) is 0 Å². The summed E-state index contributed by atoms with van der Waals surface area (Å²) in [5, 5.41) is 6.28. The lowest BCUT2D eigenvalue weighted by Crippen LogP contribution is -2.28. The average Bonchev–Trinajstić information content (AvgIpc) is 2.55. The van der Waals surface area contributed by atoms with E-state index in [4.69, 9.17) is 9.47 Å². The number of methoxy groups -OCH3 is 1. The number of carbonyl (C=O) groups is 1. The molecule has 0 aromatic heterocycles. The molecule has 0 unspecified atom stereocenters. The molecule has 0 radical (unpaired) electrons. The highest BCUT2D eigenvalue weighted by molar-refractivity contribution is 5.91. The zero-order chi connectivity index (χ0) is 15.8. The Labute approximate surface area is 132 Å². The van der Waals surface area contributed by atoms with Crippen LogP contribution in [0, 0.1) is 5.92 Å². The van der Waals surface area contributed by atoms with Gasteiger partial charge in [-0.05, 0) is 57.3 Å². The summed E-state index contributed by atoms with van der Waals surface area (Å²) in [5.74, 6) is 2.06. The van der Waals surface area contributed by atoms with Gasteiger partial charge in [-0.15, -0.1) is 0 Å². The highest BCUT2D eigenvalue weighted by atomic mass is 16.5. The molecule has 1 aromatic rings. The van der Waals surface area contributed by atoms with Crippen LogP contribution in [-0.2, 0) is 4.79 Å². The van der Waals surface area contributed by atoms with Crippen molar-refractivity contribution < 1.29 is 14.3 Å². The Hall–Kier alpha value is -1.75. The second-order valence-corrected chi connectivity index (χ2v) is 5.58. The van der Waals surface area contributed by atoms with Crippen molar-refractivity contribution in [3.63, 3.8) is 0 Å². The second kappa shape index (κ2) is 8.63. The molecule has 22 heavy (non-hydrogen) atoms. The first-order chi connectivity index (χ1) is 10.7. The van der Waals surface area contributed by atoms with Crippen LogP contribution in [-0.4, -0.2) is 32.7 Å². The summed E-state index contributed by atoms with van der Waals surface area (Å²) in [7, 11) is 1.60. The van der Waals surface area contributed by atoms with E-state index in [0.717, 1.165) is 25.2 Å². The molecule has 0 bridgehead atoms. The number of anilines is 1. The van der Waals surface area contributed by atoms with E-state index in [2.05, 4.69) is 10.6 Å². The molecule has 0 spiro atoms. The summed E-state index contributed by atoms with van der Waals surface area (Å²) in [6.07, 6.45) is 3.87. The number of nitrogens with one attached hydrogen (secondary N) is 2. The van der Waals surface area contributed by atoms with Crippen molar-refractivity contribution in [3.8, 4) is 11.5 Å². The van der Waals surface area contributed by atoms with E-state index in [-0.39, 0.29) is 5.91 Å². The average molecular weight is 306 g/mol. The van der Waals surface area contributed by atoms with Gasteiger partial charge in [0.15, 0.2) is 11.5 Å². The van der Waals surface area contributed by atoms with Crippen molar-refractivity contribution in [2.24, 2.45) is 5.92 Å². The van der Waals surface area contributed by atoms with E-state index < -0.39 is 0 Å². The Balaban J connectivity index is 1.85. The summed E-state index contributed by atoms with van der Waals surface area (Å²) in [6.45, 7) is 4.65. The van der Waals surface area contributed by atoms with Crippen LogP contribution in [0.25, 0.3) is 0 Å². The lowest BCUT2D eigenvalue weighted by Gasteiger charge is -2.22. The molecule has 1 fully saturated rings. The number of amides is 1. The molecule has 1 aliphatic heterocycles. The molecule has 1 aliphatic rings. The minimum absolute atomic E-state index is 0.0599. The Morgan fingerprint density at radius 3 is 2.77 bits per heavy atom. The predicted octanol–water partition coefficient (Wildman–Crippen LogP) is 2.81. The van der Waals surface area contributed by atoms with E-state index in [0.29, 0.717) is 30.4 Å². The number of benzene rings is 1. The maximum absolute atomic E-state index is 12.1. The molecular formula is C17H26N2O3. The van der Waals surface area contributed by atoms with Crippen LogP contribution in [0.15, 0.2) is 18.2 Å². The van der Waals surface area contributed by atoms with Gasteiger partial charge in [-0.3, -0.25) is 4.79 Å². The van der Waals surface area contributed by atoms with Gasteiger partial charge in [-0.25, -0.2) is 0 Å². The highest BCUT2D eigenvalue weighted by Gasteiger charge is 2.15. The van der Waals surface area contributed by atoms with Crippen molar-refractivity contribution in [3.05, 3.63) is 18.2 Å². The van der Waals surface area contributed by atoms with Gasteiger partial charge in [0.2, 0.25) is 5.91 Å². The zero-order valence-electron chi connectivity index (χ0n) is 13.5. The lowest BCUT2D eigenvalue weighted by atomic mass is 9.93. The van der Waals surface area contributed by atoms with Gasteiger partial charge in [-0.2, -0.15) is 0 Å². The van der Waals surface area contributed by atoms with E-state index in [1.54, 1.807) is 13.2 Å². The molecular weight excluding hydrogens is 280 g/mol. The second-order valence-electron chi connectivity index (χ2n) is 5.58. The zero-order valence-corrected chi connectivity index (χ0v) is 13.5. The van der Waals surface area contributed by atoms with Crippen LogP contribution in [0.1, 0.15) is 32.6 Å². The molecule has 122 valence electrons. The summed E-state index contributed by atoms with van der Waals surface area (Å²) in [4.78, 5) is 12.1. The smallest absolute Gasteiger partial charge is 0.224 e. The van der Waals surface area contributed by atoms with Gasteiger partial charge in [0.05, 0.1) is 13.7 Å². The summed E-state index contributed by atoms with van der Waals surface area (Å²) < 4.78 is 10.8. The quantitative estimate of drug-likeness (QED) is 0.813. The third-order valence-electron chi connectivity index (χ3n) is 3.99. The Morgan fingerprint density at radius 2 is 2.09 bits per heavy atom. The van der Waals surface area contributed by atoms with Crippen LogP contribution in [0.4, 0.5) is 5.69 Å². The molecule has 1 heterocycles. The fraction of sp³-hybridized carbons (Fsp3) is 0.588. The molecule has 2 rings (SSSR count). The van der Waals surface area contributed by atoms with Crippen LogP contribution >= 0.6 is 0 Å². The summed E-state index contributed by atoms with van der Waals surface area (Å²) >= 11 is 0. The molecule has 2 N–H and O–H groups in total. The van der Waals surface area contributed by atoms with Crippen molar-refractivity contribution in [1.82, 2.24) is 5.32 Å². The topological polar surface area (TPSA) is 59.6 Å². The maximum Gasteiger partial charge on any atom is 0.224 e. The monoisotopic (exact) mass is 306 g/mol. The Bertz CT molecular complexity index is 485. The molecule has 5 nitrogen and oxygen atoms in total. The molecule has 0 aliphatic carbocycles. The highest BCUT2D eigenvalue weighted by Crippen LogP contribution is 2.30. The van der Waals surface area contributed by atoms with Crippen molar-refractivity contribution in [2.45, 2.75) is 32.6 Å². The third kappa shape index (κ3) is 4.91. The van der Waals surface area contributed by atoms with Gasteiger partial charge in [0, 0.05) is 18.2 Å². The van der Waals surface area contributed by atoms with E-state index in [9.17, 15) is 4.79 Å². The largest absolute Gasteiger partial charge is 0.493 e. The van der Waals surface area contributed by atoms with Crippen LogP contribution in [0.5, 0.6) is 11.5 Å². The molecule has 0 atom stereocenters. The molecule has 1 aromatic carbocycles. The first-order valence-corrected chi connectivity index (χ1v) is 8.04. The number of piperidine rings is 1. The Kier molecular flexibility index (Phi) is 6.52. The normalized spacial score (nSPS) is 15.4. The minimum Gasteiger partial charge on any atom is -0.493 e. The molecule has 0 saturated carbocycles. The Morgan fingerprint density at radius 1 is 1.32 bits per heavy atom. The number of carbonyl (C=O) groups excluding carboxylic acids is 1. The van der Waals surface area contributed by atoms with E-state index >= 15 is 0 Å². The molecule has 1 amide bonds. The number of hydrogen-bond acceptors (Lipinski definition) is 4. The number of ether oxygens (including phenoxy) is 2. The number of hydrogen-bond donors (Lipinski definition) is 2. The minimum atomic E-state index is 0.0599. The van der Waals surface area contributed by atoms with Gasteiger partial charge in [0.1, 0.15) is 0 Å².